The average Bonchev–Trinajstić information content (AvgIpc) is 2.84. The van der Waals surface area contributed by atoms with E-state index in [1.165, 1.54) is 5.56 Å². The largest absolute Gasteiger partial charge is 0.454 e. The first kappa shape index (κ1) is 22.8. The smallest absolute Gasteiger partial charge is 0.340 e. The van der Waals surface area contributed by atoms with E-state index in [0.717, 1.165) is 28.6 Å². The highest BCUT2D eigenvalue weighted by atomic mass is 35.5. The number of para-hydroxylation sites is 1. The van der Waals surface area contributed by atoms with Gasteiger partial charge in [-0.2, -0.15) is 0 Å². The van der Waals surface area contributed by atoms with Crippen LogP contribution in [0, 0.1) is 0 Å². The van der Waals surface area contributed by atoms with Crippen molar-refractivity contribution in [2.45, 2.75) is 39.2 Å². The topological polar surface area (TPSA) is 51.2 Å². The highest BCUT2D eigenvalue weighted by molar-refractivity contribution is 6.30. The molecule has 2 unspecified atom stereocenters. The normalized spacial score (nSPS) is 12.8. The summed E-state index contributed by atoms with van der Waals surface area (Å²) in [5.74, 6) is 0.0870. The van der Waals surface area contributed by atoms with Crippen LogP contribution in [0.4, 0.5) is 11.4 Å². The van der Waals surface area contributed by atoms with E-state index in [-0.39, 0.29) is 0 Å². The van der Waals surface area contributed by atoms with Gasteiger partial charge in [0.1, 0.15) is 6.10 Å². The van der Waals surface area contributed by atoms with E-state index in [9.17, 15) is 4.79 Å². The van der Waals surface area contributed by atoms with Crippen molar-refractivity contribution in [2.24, 2.45) is 0 Å². The maximum absolute atomic E-state index is 13.0. The zero-order valence-corrected chi connectivity index (χ0v) is 19.8. The first-order chi connectivity index (χ1) is 16.0. The van der Waals surface area contributed by atoms with Crippen molar-refractivity contribution in [3.05, 3.63) is 101 Å². The van der Waals surface area contributed by atoms with Gasteiger partial charge in [0, 0.05) is 22.3 Å². The van der Waals surface area contributed by atoms with Gasteiger partial charge in [-0.15, -0.1) is 0 Å². The third kappa shape index (κ3) is 5.18. The summed E-state index contributed by atoms with van der Waals surface area (Å²) >= 11 is 5.97. The number of nitrogens with zero attached hydrogens (tertiary/aromatic N) is 1. The molecule has 0 bridgehead atoms. The molecule has 0 saturated carbocycles. The van der Waals surface area contributed by atoms with Crippen LogP contribution in [0.5, 0.6) is 0 Å². The van der Waals surface area contributed by atoms with E-state index in [4.69, 9.17) is 16.3 Å². The number of ether oxygens (including phenoxy) is 1. The van der Waals surface area contributed by atoms with Gasteiger partial charge in [0.25, 0.3) is 0 Å². The number of anilines is 2. The molecule has 1 N–H and O–H groups in total. The Labute approximate surface area is 199 Å². The van der Waals surface area contributed by atoms with Gasteiger partial charge in [-0.05, 0) is 66.8 Å². The molecule has 1 aromatic heterocycles. The lowest BCUT2D eigenvalue weighted by Gasteiger charge is -2.17. The molecule has 0 radical (unpaired) electrons. The molecule has 3 aromatic carbocycles. The third-order valence-electron chi connectivity index (χ3n) is 5.99. The summed E-state index contributed by atoms with van der Waals surface area (Å²) in [5.41, 5.74) is 5.13. The summed E-state index contributed by atoms with van der Waals surface area (Å²) in [5, 5.41) is 5.07. The fraction of sp³-hybridized carbons (Fsp3) is 0.214. The zero-order valence-electron chi connectivity index (χ0n) is 19.0. The number of carbonyl (C=O) groups is 1. The molecule has 4 rings (SSSR count). The summed E-state index contributed by atoms with van der Waals surface area (Å²) in [4.78, 5) is 17.6. The van der Waals surface area contributed by atoms with Crippen molar-refractivity contribution in [3.8, 4) is 0 Å². The number of nitrogens with one attached hydrogen (secondary N) is 1. The predicted molar refractivity (Wildman–Crippen MR) is 135 cm³/mol. The maximum atomic E-state index is 13.0. The lowest BCUT2D eigenvalue weighted by Crippen LogP contribution is -2.11. The van der Waals surface area contributed by atoms with E-state index >= 15 is 0 Å². The van der Waals surface area contributed by atoms with Crippen molar-refractivity contribution in [2.75, 3.05) is 5.32 Å². The van der Waals surface area contributed by atoms with Crippen LogP contribution in [-0.2, 0) is 4.74 Å². The minimum atomic E-state index is -0.399. The summed E-state index contributed by atoms with van der Waals surface area (Å²) in [6.45, 7) is 6.25. The van der Waals surface area contributed by atoms with Crippen molar-refractivity contribution in [3.63, 3.8) is 0 Å². The van der Waals surface area contributed by atoms with Crippen LogP contribution >= 0.6 is 11.6 Å². The molecule has 0 aliphatic heterocycles. The second-order valence-electron chi connectivity index (χ2n) is 8.21. The van der Waals surface area contributed by atoms with Gasteiger partial charge in [-0.1, -0.05) is 61.8 Å². The summed E-state index contributed by atoms with van der Waals surface area (Å²) in [6.07, 6.45) is 2.46. The number of carbonyl (C=O) groups excluding carboxylic acids is 1. The van der Waals surface area contributed by atoms with Gasteiger partial charge in [-0.3, -0.25) is 4.98 Å². The molecular formula is C28H27ClN2O2. The van der Waals surface area contributed by atoms with Crippen LogP contribution in [0.15, 0.2) is 79.0 Å². The van der Waals surface area contributed by atoms with Crippen LogP contribution in [-0.4, -0.2) is 11.0 Å². The first-order valence-corrected chi connectivity index (χ1v) is 11.5. The predicted octanol–water partition coefficient (Wildman–Crippen LogP) is 8.06. The van der Waals surface area contributed by atoms with E-state index < -0.39 is 12.1 Å². The van der Waals surface area contributed by atoms with Gasteiger partial charge < -0.3 is 10.1 Å². The van der Waals surface area contributed by atoms with Crippen molar-refractivity contribution in [1.82, 2.24) is 4.98 Å². The third-order valence-corrected chi connectivity index (χ3v) is 6.24. The quantitative estimate of drug-likeness (QED) is 0.284. The molecule has 1 heterocycles. The molecule has 4 aromatic rings. The molecule has 2 atom stereocenters. The standard InChI is InChI=1S/C28H27ClN2O2/c1-4-18(2)21-11-14-23-26(15-16-30-27(23)17-21)31-25-8-6-5-7-24(25)28(32)33-19(3)20-9-12-22(29)13-10-20/h5-19H,4H2,1-3H3,(H,30,31). The average molecular weight is 459 g/mol. The maximum Gasteiger partial charge on any atom is 0.340 e. The van der Waals surface area contributed by atoms with Crippen molar-refractivity contribution < 1.29 is 9.53 Å². The minimum Gasteiger partial charge on any atom is -0.454 e. The lowest BCUT2D eigenvalue weighted by atomic mass is 9.97. The van der Waals surface area contributed by atoms with Gasteiger partial charge in [-0.25, -0.2) is 4.79 Å². The zero-order chi connectivity index (χ0) is 23.4. The summed E-state index contributed by atoms with van der Waals surface area (Å²) in [6, 6.07) is 23.0. The van der Waals surface area contributed by atoms with Crippen LogP contribution in [0.25, 0.3) is 10.9 Å². The van der Waals surface area contributed by atoms with Crippen LogP contribution in [0.1, 0.15) is 60.7 Å². The highest BCUT2D eigenvalue weighted by Gasteiger charge is 2.18. The molecule has 0 amide bonds. The Bertz CT molecular complexity index is 1270. The van der Waals surface area contributed by atoms with Gasteiger partial charge in [0.15, 0.2) is 0 Å². The van der Waals surface area contributed by atoms with Crippen molar-refractivity contribution in [1.29, 1.82) is 0 Å². The van der Waals surface area contributed by atoms with E-state index in [2.05, 4.69) is 42.3 Å². The Hall–Kier alpha value is -3.37. The second kappa shape index (κ2) is 10.1. The fourth-order valence-electron chi connectivity index (χ4n) is 3.76. The molecule has 0 aliphatic carbocycles. The molecule has 4 nitrogen and oxygen atoms in total. The number of pyridine rings is 1. The molecule has 33 heavy (non-hydrogen) atoms. The Morgan fingerprint density at radius 3 is 2.45 bits per heavy atom. The lowest BCUT2D eigenvalue weighted by molar-refractivity contribution is 0.0339. The highest BCUT2D eigenvalue weighted by Crippen LogP contribution is 2.31. The second-order valence-corrected chi connectivity index (χ2v) is 8.65. The van der Waals surface area contributed by atoms with Crippen LogP contribution in [0.3, 0.4) is 0 Å². The van der Waals surface area contributed by atoms with Gasteiger partial charge >= 0.3 is 5.97 Å². The number of esters is 1. The Kier molecular flexibility index (Phi) is 6.95. The Morgan fingerprint density at radius 1 is 0.970 bits per heavy atom. The Balaban J connectivity index is 1.59. The number of halogens is 1. The van der Waals surface area contributed by atoms with Gasteiger partial charge in [0.05, 0.1) is 16.8 Å². The monoisotopic (exact) mass is 458 g/mol. The number of hydrogen-bond donors (Lipinski definition) is 1. The molecule has 168 valence electrons. The molecule has 0 fully saturated rings. The molecule has 5 heteroatoms. The van der Waals surface area contributed by atoms with Gasteiger partial charge in [0.2, 0.25) is 0 Å². The van der Waals surface area contributed by atoms with Crippen molar-refractivity contribution >= 4 is 39.8 Å². The number of benzene rings is 3. The van der Waals surface area contributed by atoms with Crippen LogP contribution < -0.4 is 5.32 Å². The fourth-order valence-corrected chi connectivity index (χ4v) is 3.88. The summed E-state index contributed by atoms with van der Waals surface area (Å²) in [7, 11) is 0. The first-order valence-electron chi connectivity index (χ1n) is 11.2. The number of hydrogen-bond acceptors (Lipinski definition) is 4. The summed E-state index contributed by atoms with van der Waals surface area (Å²) < 4.78 is 5.75. The Morgan fingerprint density at radius 2 is 1.70 bits per heavy atom. The van der Waals surface area contributed by atoms with E-state index in [1.807, 2.05) is 43.3 Å². The van der Waals surface area contributed by atoms with Crippen LogP contribution in [0.2, 0.25) is 5.02 Å². The number of fused-ring (bicyclic) bond motifs is 1. The molecular weight excluding hydrogens is 432 g/mol. The number of aromatic nitrogens is 1. The minimum absolute atomic E-state index is 0.391. The SMILES string of the molecule is CCC(C)c1ccc2c(Nc3ccccc3C(=O)OC(C)c3ccc(Cl)cc3)ccnc2c1. The number of rotatable bonds is 7. The van der Waals surface area contributed by atoms with E-state index in [0.29, 0.717) is 22.2 Å². The van der Waals surface area contributed by atoms with E-state index in [1.54, 1.807) is 24.4 Å². The molecule has 0 aliphatic rings. The molecule has 0 saturated heterocycles. The molecule has 0 spiro atoms.